The van der Waals surface area contributed by atoms with Gasteiger partial charge in [-0.15, -0.1) is 0 Å². The molecule has 0 spiro atoms. The van der Waals surface area contributed by atoms with Crippen LogP contribution >= 0.6 is 0 Å². The molecule has 0 saturated heterocycles. The number of carbonyl (C=O) groups excluding carboxylic acids is 1. The van der Waals surface area contributed by atoms with Crippen LogP contribution in [0.3, 0.4) is 0 Å². The Morgan fingerprint density at radius 2 is 1.69 bits per heavy atom. The van der Waals surface area contributed by atoms with Gasteiger partial charge in [-0.2, -0.15) is 0 Å². The van der Waals surface area contributed by atoms with Gasteiger partial charge in [0.25, 0.3) is 5.91 Å². The van der Waals surface area contributed by atoms with E-state index in [1.807, 2.05) is 30.3 Å². The maximum absolute atomic E-state index is 12.3. The molecule has 0 aliphatic rings. The second-order valence-corrected chi connectivity index (χ2v) is 5.89. The van der Waals surface area contributed by atoms with Gasteiger partial charge in [0.1, 0.15) is 11.5 Å². The van der Waals surface area contributed by atoms with Crippen molar-refractivity contribution < 1.29 is 24.2 Å². The second kappa shape index (κ2) is 9.46. The molecule has 2 aromatic rings. The number of aliphatic carboxylic acids is 1. The van der Waals surface area contributed by atoms with E-state index < -0.39 is 12.6 Å². The van der Waals surface area contributed by atoms with E-state index in [0.717, 1.165) is 16.9 Å². The molecule has 0 bridgehead atoms. The Hall–Kier alpha value is -3.02. The van der Waals surface area contributed by atoms with Crippen molar-refractivity contribution in [2.75, 3.05) is 19.8 Å². The summed E-state index contributed by atoms with van der Waals surface area (Å²) < 4.78 is 10.8. The first-order chi connectivity index (χ1) is 12.5. The summed E-state index contributed by atoms with van der Waals surface area (Å²) in [5, 5.41) is 11.6. The average Bonchev–Trinajstić information content (AvgIpc) is 2.61. The number of para-hydroxylation sites is 1. The lowest BCUT2D eigenvalue weighted by atomic mass is 10.1. The summed E-state index contributed by atoms with van der Waals surface area (Å²) in [4.78, 5) is 22.9. The standard InChI is InChI=1S/C20H23NO5/c1-14-11-16(12-15(2)19(14)26-13-18(22)23)20(24)21-9-6-10-25-17-7-4-3-5-8-17/h3-5,7-8,11-12H,6,9-10,13H2,1-2H3,(H,21,24)(H,22,23). The van der Waals surface area contributed by atoms with Crippen LogP contribution in [0, 0.1) is 13.8 Å². The number of rotatable bonds is 9. The molecule has 6 nitrogen and oxygen atoms in total. The molecule has 0 aromatic heterocycles. The number of carboxylic acids is 1. The molecule has 26 heavy (non-hydrogen) atoms. The van der Waals surface area contributed by atoms with Gasteiger partial charge in [-0.25, -0.2) is 4.79 Å². The highest BCUT2D eigenvalue weighted by molar-refractivity contribution is 5.94. The molecule has 0 radical (unpaired) electrons. The minimum Gasteiger partial charge on any atom is -0.494 e. The predicted octanol–water partition coefficient (Wildman–Crippen LogP) is 2.97. The van der Waals surface area contributed by atoms with Gasteiger partial charge >= 0.3 is 5.97 Å². The number of amides is 1. The van der Waals surface area contributed by atoms with E-state index in [1.165, 1.54) is 0 Å². The molecule has 0 fully saturated rings. The minimum absolute atomic E-state index is 0.180. The number of aryl methyl sites for hydroxylation is 2. The zero-order chi connectivity index (χ0) is 18.9. The number of ether oxygens (including phenoxy) is 2. The Kier molecular flexibility index (Phi) is 7.02. The fourth-order valence-electron chi connectivity index (χ4n) is 2.53. The third kappa shape index (κ3) is 5.81. The fourth-order valence-corrected chi connectivity index (χ4v) is 2.53. The van der Waals surface area contributed by atoms with Crippen LogP contribution in [0.1, 0.15) is 27.9 Å². The molecule has 1 amide bonds. The van der Waals surface area contributed by atoms with Crippen LogP contribution in [0.25, 0.3) is 0 Å². The summed E-state index contributed by atoms with van der Waals surface area (Å²) in [5.41, 5.74) is 1.97. The average molecular weight is 357 g/mol. The zero-order valence-electron chi connectivity index (χ0n) is 15.0. The van der Waals surface area contributed by atoms with E-state index in [9.17, 15) is 9.59 Å². The Morgan fingerprint density at radius 1 is 1.04 bits per heavy atom. The number of hydrogen-bond donors (Lipinski definition) is 2. The van der Waals surface area contributed by atoms with Gasteiger partial charge in [-0.3, -0.25) is 4.79 Å². The molecule has 2 rings (SSSR count). The molecule has 2 N–H and O–H groups in total. The Bertz CT molecular complexity index is 735. The molecule has 0 heterocycles. The fraction of sp³-hybridized carbons (Fsp3) is 0.300. The SMILES string of the molecule is Cc1cc(C(=O)NCCCOc2ccccc2)cc(C)c1OCC(=O)O. The summed E-state index contributed by atoms with van der Waals surface area (Å²) in [5.74, 6) is 0.0891. The molecule has 0 saturated carbocycles. The molecule has 0 unspecified atom stereocenters. The van der Waals surface area contributed by atoms with Crippen LogP contribution in [0.2, 0.25) is 0 Å². The summed E-state index contributed by atoms with van der Waals surface area (Å²) in [6.07, 6.45) is 0.693. The van der Waals surface area contributed by atoms with E-state index in [0.29, 0.717) is 30.9 Å². The van der Waals surface area contributed by atoms with Gasteiger partial charge in [0.15, 0.2) is 6.61 Å². The van der Waals surface area contributed by atoms with Crippen molar-refractivity contribution in [1.29, 1.82) is 0 Å². The van der Waals surface area contributed by atoms with E-state index in [1.54, 1.807) is 26.0 Å². The van der Waals surface area contributed by atoms with Gasteiger partial charge in [0.05, 0.1) is 6.61 Å². The van der Waals surface area contributed by atoms with E-state index in [-0.39, 0.29) is 5.91 Å². The van der Waals surface area contributed by atoms with Crippen LogP contribution in [0.5, 0.6) is 11.5 Å². The molecule has 0 atom stereocenters. The van der Waals surface area contributed by atoms with Gasteiger partial charge in [-0.1, -0.05) is 18.2 Å². The number of carbonyl (C=O) groups is 2. The lowest BCUT2D eigenvalue weighted by Crippen LogP contribution is -2.25. The van der Waals surface area contributed by atoms with Crippen molar-refractivity contribution in [1.82, 2.24) is 5.32 Å². The van der Waals surface area contributed by atoms with Gasteiger partial charge in [-0.05, 0) is 55.7 Å². The van der Waals surface area contributed by atoms with Crippen LogP contribution in [-0.2, 0) is 4.79 Å². The monoisotopic (exact) mass is 357 g/mol. The maximum Gasteiger partial charge on any atom is 0.341 e. The highest BCUT2D eigenvalue weighted by Gasteiger charge is 2.12. The normalized spacial score (nSPS) is 10.2. The maximum atomic E-state index is 12.3. The van der Waals surface area contributed by atoms with Crippen LogP contribution in [0.4, 0.5) is 0 Å². The predicted molar refractivity (Wildman–Crippen MR) is 97.9 cm³/mol. The molecular formula is C20H23NO5. The topological polar surface area (TPSA) is 84.9 Å². The Balaban J connectivity index is 1.82. The van der Waals surface area contributed by atoms with E-state index in [2.05, 4.69) is 5.32 Å². The lowest BCUT2D eigenvalue weighted by Gasteiger charge is -2.13. The van der Waals surface area contributed by atoms with E-state index >= 15 is 0 Å². The number of hydrogen-bond acceptors (Lipinski definition) is 4. The van der Waals surface area contributed by atoms with Crippen molar-refractivity contribution in [3.8, 4) is 11.5 Å². The first-order valence-corrected chi connectivity index (χ1v) is 8.39. The third-order valence-electron chi connectivity index (χ3n) is 3.68. The third-order valence-corrected chi connectivity index (χ3v) is 3.68. The van der Waals surface area contributed by atoms with Crippen molar-refractivity contribution in [2.24, 2.45) is 0 Å². The van der Waals surface area contributed by atoms with Gasteiger partial charge < -0.3 is 19.9 Å². The number of carboxylic acid groups (broad SMARTS) is 1. The van der Waals surface area contributed by atoms with E-state index in [4.69, 9.17) is 14.6 Å². The first kappa shape index (κ1) is 19.3. The molecule has 6 heteroatoms. The zero-order valence-corrected chi connectivity index (χ0v) is 15.0. The van der Waals surface area contributed by atoms with Gasteiger partial charge in [0.2, 0.25) is 0 Å². The Morgan fingerprint density at radius 3 is 2.31 bits per heavy atom. The largest absolute Gasteiger partial charge is 0.494 e. The summed E-state index contributed by atoms with van der Waals surface area (Å²) in [6.45, 7) is 4.18. The highest BCUT2D eigenvalue weighted by Crippen LogP contribution is 2.24. The van der Waals surface area contributed by atoms with Crippen LogP contribution < -0.4 is 14.8 Å². The van der Waals surface area contributed by atoms with Crippen molar-refractivity contribution in [2.45, 2.75) is 20.3 Å². The molecule has 2 aromatic carbocycles. The molecular weight excluding hydrogens is 334 g/mol. The Labute approximate surface area is 152 Å². The van der Waals surface area contributed by atoms with Crippen molar-refractivity contribution >= 4 is 11.9 Å². The highest BCUT2D eigenvalue weighted by atomic mass is 16.5. The quantitative estimate of drug-likeness (QED) is 0.674. The van der Waals surface area contributed by atoms with Crippen molar-refractivity contribution in [3.63, 3.8) is 0 Å². The number of nitrogens with one attached hydrogen (secondary N) is 1. The smallest absolute Gasteiger partial charge is 0.341 e. The van der Waals surface area contributed by atoms with Crippen LogP contribution in [0.15, 0.2) is 42.5 Å². The first-order valence-electron chi connectivity index (χ1n) is 8.39. The van der Waals surface area contributed by atoms with Crippen molar-refractivity contribution in [3.05, 3.63) is 59.2 Å². The minimum atomic E-state index is -1.04. The van der Waals surface area contributed by atoms with Crippen LogP contribution in [-0.4, -0.2) is 36.7 Å². The second-order valence-electron chi connectivity index (χ2n) is 5.89. The lowest BCUT2D eigenvalue weighted by molar-refractivity contribution is -0.139. The summed E-state index contributed by atoms with van der Waals surface area (Å²) >= 11 is 0. The number of benzene rings is 2. The molecule has 138 valence electrons. The summed E-state index contributed by atoms with van der Waals surface area (Å²) in [6, 6.07) is 12.9. The van der Waals surface area contributed by atoms with Gasteiger partial charge in [0, 0.05) is 12.1 Å². The molecule has 0 aliphatic heterocycles. The summed E-state index contributed by atoms with van der Waals surface area (Å²) in [7, 11) is 0. The molecule has 0 aliphatic carbocycles.